The Morgan fingerprint density at radius 2 is 0.941 bits per heavy atom. The maximum atomic E-state index is 9.77. The molecule has 0 aliphatic carbocycles. The smallest absolute Gasteiger partial charge is 0.0645 e. The Bertz CT molecular complexity index is 3420. The Hall–Kier alpha value is -6.70. The van der Waals surface area contributed by atoms with Gasteiger partial charge in [-0.1, -0.05) is 176 Å². The van der Waals surface area contributed by atoms with E-state index in [4.69, 9.17) is 8.22 Å². The van der Waals surface area contributed by atoms with E-state index < -0.39 is 118 Å². The van der Waals surface area contributed by atoms with Gasteiger partial charge in [-0.25, -0.2) is 0 Å². The fourth-order valence-electron chi connectivity index (χ4n) is 6.29. The molecule has 0 bridgehead atoms. The molecular formula is C50H35N. The molecule has 0 heterocycles. The summed E-state index contributed by atoms with van der Waals surface area (Å²) in [6.07, 6.45) is 0. The minimum Gasteiger partial charge on any atom is -0.310 e. The average molecular weight is 665 g/mol. The minimum absolute atomic E-state index is 0.113. The van der Waals surface area contributed by atoms with Crippen molar-refractivity contribution in [2.75, 3.05) is 4.90 Å². The van der Waals surface area contributed by atoms with Crippen LogP contribution < -0.4 is 4.90 Å². The van der Waals surface area contributed by atoms with Crippen LogP contribution in [-0.2, 0) is 0 Å². The third-order valence-electron chi connectivity index (χ3n) is 8.71. The quantitative estimate of drug-likeness (QED) is 0.164. The molecule has 51 heavy (non-hydrogen) atoms. The summed E-state index contributed by atoms with van der Waals surface area (Å²) in [4.78, 5) is 0.777. The molecular weight excluding hydrogens is 615 g/mol. The van der Waals surface area contributed by atoms with E-state index in [0.29, 0.717) is 22.1 Å². The molecule has 1 nitrogen and oxygen atoms in total. The van der Waals surface area contributed by atoms with Crippen molar-refractivity contribution in [1.29, 1.82) is 0 Å². The van der Waals surface area contributed by atoms with Gasteiger partial charge in [0.25, 0.3) is 0 Å². The van der Waals surface area contributed by atoms with E-state index in [-0.39, 0.29) is 11.1 Å². The van der Waals surface area contributed by atoms with Crippen molar-refractivity contribution >= 4 is 38.6 Å². The third kappa shape index (κ3) is 5.86. The van der Waals surface area contributed by atoms with Crippen molar-refractivity contribution in [2.45, 2.75) is 0 Å². The molecule has 0 saturated heterocycles. The second-order valence-electron chi connectivity index (χ2n) is 11.8. The van der Waals surface area contributed by atoms with Crippen LogP contribution in [-0.4, -0.2) is 0 Å². The molecule has 9 aromatic rings. The lowest BCUT2D eigenvalue weighted by Crippen LogP contribution is -2.10. The van der Waals surface area contributed by atoms with Crippen LogP contribution in [0.5, 0.6) is 0 Å². The lowest BCUT2D eigenvalue weighted by atomic mass is 9.89. The van der Waals surface area contributed by atoms with E-state index in [9.17, 15) is 12.3 Å². The molecule has 0 amide bonds. The molecule has 0 atom stereocenters. The molecule has 0 unspecified atom stereocenters. The second kappa shape index (κ2) is 13.3. The Balaban J connectivity index is 1.42. The molecule has 0 fully saturated rings. The maximum Gasteiger partial charge on any atom is 0.0645 e. The summed E-state index contributed by atoms with van der Waals surface area (Å²) in [7, 11) is 0. The number of benzene rings is 9. The fourth-order valence-corrected chi connectivity index (χ4v) is 6.29. The first kappa shape index (κ1) is 18.3. The maximum absolute atomic E-state index is 9.77. The van der Waals surface area contributed by atoms with E-state index in [1.165, 1.54) is 0 Å². The van der Waals surface area contributed by atoms with E-state index in [2.05, 4.69) is 0 Å². The van der Waals surface area contributed by atoms with Gasteiger partial charge in [0.05, 0.1) is 26.2 Å². The lowest BCUT2D eigenvalue weighted by molar-refractivity contribution is 1.30. The number of hydrogen-bond donors (Lipinski definition) is 0. The molecule has 9 aromatic carbocycles. The molecule has 0 radical (unpaired) electrons. The van der Waals surface area contributed by atoms with Gasteiger partial charge in [0.1, 0.15) is 0 Å². The highest BCUT2D eigenvalue weighted by atomic mass is 15.1. The largest absolute Gasteiger partial charge is 0.310 e. The molecule has 0 aliphatic heterocycles. The number of nitrogens with zero attached hydrogens (tertiary/aromatic N) is 1. The highest BCUT2D eigenvalue weighted by Gasteiger charge is 2.17. The van der Waals surface area contributed by atoms with Crippen LogP contribution in [0.4, 0.5) is 17.1 Å². The van der Waals surface area contributed by atoms with Crippen LogP contribution in [0.3, 0.4) is 0 Å². The molecule has 9 rings (SSSR count). The van der Waals surface area contributed by atoms with Crippen LogP contribution in [0, 0.1) is 0 Å². The Morgan fingerprint density at radius 3 is 1.69 bits per heavy atom. The summed E-state index contributed by atoms with van der Waals surface area (Å²) in [5.74, 6) is 0. The predicted octanol–water partition coefficient (Wildman–Crippen LogP) is 14.1. The van der Waals surface area contributed by atoms with Crippen LogP contribution in [0.2, 0.25) is 0 Å². The van der Waals surface area contributed by atoms with E-state index in [0.717, 1.165) is 27.0 Å². The van der Waals surface area contributed by atoms with Gasteiger partial charge in [0.15, 0.2) is 0 Å². The molecule has 0 aliphatic rings. The van der Waals surface area contributed by atoms with Crippen molar-refractivity contribution in [1.82, 2.24) is 0 Å². The highest BCUT2D eigenvalue weighted by molar-refractivity contribution is 6.05. The van der Waals surface area contributed by atoms with Gasteiger partial charge in [0, 0.05) is 16.8 Å². The first-order chi connectivity index (χ1) is 31.6. The zero-order valence-corrected chi connectivity index (χ0v) is 27.0. The van der Waals surface area contributed by atoms with Gasteiger partial charge in [-0.2, -0.15) is 0 Å². The van der Waals surface area contributed by atoms with Crippen molar-refractivity contribution in [3.05, 3.63) is 212 Å². The molecule has 0 saturated carbocycles. The second-order valence-corrected chi connectivity index (χ2v) is 11.8. The van der Waals surface area contributed by atoms with Crippen LogP contribution in [0.1, 0.15) is 20.6 Å². The van der Waals surface area contributed by atoms with Gasteiger partial charge < -0.3 is 4.90 Å². The number of hydrogen-bond acceptors (Lipinski definition) is 1. The average Bonchev–Trinajstić information content (AvgIpc) is 3.33. The Kier molecular flexibility index (Phi) is 4.79. The highest BCUT2D eigenvalue weighted by Crippen LogP contribution is 2.43. The normalized spacial score (nSPS) is 15.3. The van der Waals surface area contributed by atoms with E-state index >= 15 is 0 Å². The summed E-state index contributed by atoms with van der Waals surface area (Å²) >= 11 is 0. The minimum atomic E-state index is -0.865. The summed E-state index contributed by atoms with van der Waals surface area (Å²) in [6.45, 7) is 0. The Labute approximate surface area is 320 Å². The fraction of sp³-hybridized carbons (Fsp3) is 0. The predicted molar refractivity (Wildman–Crippen MR) is 218 cm³/mol. The topological polar surface area (TPSA) is 3.24 Å². The summed E-state index contributed by atoms with van der Waals surface area (Å²) in [5, 5.41) is 0.299. The Morgan fingerprint density at radius 1 is 0.353 bits per heavy atom. The van der Waals surface area contributed by atoms with Crippen LogP contribution in [0.15, 0.2) is 212 Å². The van der Waals surface area contributed by atoms with Crippen molar-refractivity contribution in [2.24, 2.45) is 0 Å². The monoisotopic (exact) mass is 664 g/mol. The lowest BCUT2D eigenvalue weighted by Gasteiger charge is -2.27. The zero-order chi connectivity index (χ0) is 47.0. The standard InChI is InChI=1S/C50H35N/c1-3-13-36(14-4-1)42-20-11-21-43(35-42)37-25-30-44(31-26-37)51(49-24-12-19-38-17-7-9-22-46(38)49)45-32-27-41(28-33-45)50-47-23-10-8-18-40(47)29-34-48(50)39-15-5-2-6-16-39/h1-35H/i7D,9D,12D,17D,19D,22D,24D,25D,26D,27D,28D,30D,31D,32D,33D. The number of anilines is 3. The van der Waals surface area contributed by atoms with Gasteiger partial charge in [-0.15, -0.1) is 0 Å². The van der Waals surface area contributed by atoms with Crippen LogP contribution in [0.25, 0.3) is 66.1 Å². The van der Waals surface area contributed by atoms with Crippen LogP contribution >= 0.6 is 0 Å². The molecule has 1 heteroatoms. The molecule has 240 valence electrons. The first-order valence-corrected chi connectivity index (χ1v) is 16.3. The number of rotatable bonds is 7. The zero-order valence-electron chi connectivity index (χ0n) is 42.0. The third-order valence-corrected chi connectivity index (χ3v) is 8.71. The van der Waals surface area contributed by atoms with Gasteiger partial charge in [-0.05, 0) is 96.9 Å². The van der Waals surface area contributed by atoms with Gasteiger partial charge in [-0.3, -0.25) is 0 Å². The first-order valence-electron chi connectivity index (χ1n) is 23.8. The van der Waals surface area contributed by atoms with Crippen molar-refractivity contribution < 1.29 is 20.6 Å². The van der Waals surface area contributed by atoms with Crippen molar-refractivity contribution in [3.63, 3.8) is 0 Å². The number of fused-ring (bicyclic) bond motifs is 2. The van der Waals surface area contributed by atoms with Gasteiger partial charge >= 0.3 is 0 Å². The molecule has 0 spiro atoms. The summed E-state index contributed by atoms with van der Waals surface area (Å²) in [5.41, 5.74) is 1.27. The van der Waals surface area contributed by atoms with E-state index in [1.54, 1.807) is 30.3 Å². The summed E-state index contributed by atoms with van der Waals surface area (Å²) < 4.78 is 139. The van der Waals surface area contributed by atoms with Crippen molar-refractivity contribution in [3.8, 4) is 44.5 Å². The molecule has 0 N–H and O–H groups in total. The summed E-state index contributed by atoms with van der Waals surface area (Å²) in [6, 6.07) is 25.4. The SMILES string of the molecule is [2H]c1c([2H])c(N(c2c([2H])c([2H])c(-c3c(-c4ccccc4)ccc4ccccc34)c([2H])c2[2H])c2c([2H])c([2H])c([2H])c3c([2H])c([2H])c([2H])c([2H])c23)c([2H])c([2H])c1-c1cccc(-c2ccccc2)c1. The van der Waals surface area contributed by atoms with Gasteiger partial charge in [0.2, 0.25) is 0 Å². The molecule has 0 aromatic heterocycles. The van der Waals surface area contributed by atoms with E-state index in [1.807, 2.05) is 91.0 Å².